The van der Waals surface area contributed by atoms with Crippen molar-refractivity contribution in [1.29, 1.82) is 0 Å². The van der Waals surface area contributed by atoms with E-state index in [0.717, 1.165) is 11.3 Å². The van der Waals surface area contributed by atoms with E-state index in [9.17, 15) is 4.79 Å². The van der Waals surface area contributed by atoms with Crippen molar-refractivity contribution < 1.29 is 9.53 Å². The molecule has 0 saturated carbocycles. The summed E-state index contributed by atoms with van der Waals surface area (Å²) in [5.41, 5.74) is 8.15. The lowest BCUT2D eigenvalue weighted by Crippen LogP contribution is -2.26. The number of carbonyl (C=O) groups excluding carboxylic acids is 1. The van der Waals surface area contributed by atoms with E-state index in [2.05, 4.69) is 4.74 Å². The van der Waals surface area contributed by atoms with Crippen molar-refractivity contribution in [1.82, 2.24) is 0 Å². The van der Waals surface area contributed by atoms with Crippen LogP contribution >= 0.6 is 0 Å². The second kappa shape index (κ2) is 6.25. The molecule has 1 atom stereocenters. The third kappa shape index (κ3) is 4.44. The van der Waals surface area contributed by atoms with E-state index in [0.29, 0.717) is 6.42 Å². The Morgan fingerprint density at radius 1 is 1.35 bits per heavy atom. The van der Waals surface area contributed by atoms with Gasteiger partial charge in [0.1, 0.15) is 0 Å². The summed E-state index contributed by atoms with van der Waals surface area (Å²) in [4.78, 5) is 13.1. The number of methoxy groups -OCH3 is 1. The van der Waals surface area contributed by atoms with Gasteiger partial charge in [-0.25, -0.2) is 0 Å². The van der Waals surface area contributed by atoms with Gasteiger partial charge in [0.15, 0.2) is 0 Å². The van der Waals surface area contributed by atoms with E-state index >= 15 is 0 Å². The molecule has 1 unspecified atom stereocenters. The van der Waals surface area contributed by atoms with Crippen LogP contribution in [0.4, 0.5) is 5.69 Å². The van der Waals surface area contributed by atoms with Gasteiger partial charge in [-0.3, -0.25) is 4.79 Å². The highest BCUT2D eigenvalue weighted by Gasteiger charge is 2.10. The van der Waals surface area contributed by atoms with Gasteiger partial charge in [0.05, 0.1) is 13.5 Å². The van der Waals surface area contributed by atoms with E-state index in [1.54, 1.807) is 0 Å². The molecular formula is C13H20N2O2. The van der Waals surface area contributed by atoms with Gasteiger partial charge in [0.25, 0.3) is 0 Å². The van der Waals surface area contributed by atoms with E-state index < -0.39 is 0 Å². The molecule has 0 aliphatic rings. The summed E-state index contributed by atoms with van der Waals surface area (Å²) in [6.07, 6.45) is 0.939. The Kier molecular flexibility index (Phi) is 4.97. The highest BCUT2D eigenvalue weighted by molar-refractivity contribution is 5.69. The van der Waals surface area contributed by atoms with Gasteiger partial charge in [-0.2, -0.15) is 0 Å². The second-order valence-electron chi connectivity index (χ2n) is 4.31. The highest BCUT2D eigenvalue weighted by atomic mass is 16.5. The molecule has 4 heteroatoms. The molecule has 0 aromatic heterocycles. The maximum atomic E-state index is 11.0. The van der Waals surface area contributed by atoms with Crippen LogP contribution in [0.15, 0.2) is 24.3 Å². The number of esters is 1. The smallest absolute Gasteiger partial charge is 0.307 e. The standard InChI is InChI=1S/C13H20N2O2/c1-15(2)12-6-4-10(5-7-12)8-11(14)9-13(16)17-3/h4-7,11H,8-9,14H2,1-3H3. The summed E-state index contributed by atoms with van der Waals surface area (Å²) in [7, 11) is 5.37. The molecule has 1 aromatic rings. The van der Waals surface area contributed by atoms with Crippen LogP contribution in [0, 0.1) is 0 Å². The molecule has 2 N–H and O–H groups in total. The number of hydrogen-bond acceptors (Lipinski definition) is 4. The molecule has 17 heavy (non-hydrogen) atoms. The fourth-order valence-electron chi connectivity index (χ4n) is 1.60. The first-order chi connectivity index (χ1) is 8.02. The fourth-order valence-corrected chi connectivity index (χ4v) is 1.60. The molecule has 0 spiro atoms. The van der Waals surface area contributed by atoms with Gasteiger partial charge in [0, 0.05) is 25.8 Å². The van der Waals surface area contributed by atoms with Crippen molar-refractivity contribution in [2.75, 3.05) is 26.1 Å². The number of nitrogens with two attached hydrogens (primary N) is 1. The molecule has 0 amide bonds. The molecule has 4 nitrogen and oxygen atoms in total. The zero-order valence-electron chi connectivity index (χ0n) is 10.6. The summed E-state index contributed by atoms with van der Waals surface area (Å²) in [6, 6.07) is 7.96. The van der Waals surface area contributed by atoms with Gasteiger partial charge in [-0.1, -0.05) is 12.1 Å². The first-order valence-electron chi connectivity index (χ1n) is 5.61. The average Bonchev–Trinajstić information content (AvgIpc) is 2.29. The number of nitrogens with zero attached hydrogens (tertiary/aromatic N) is 1. The molecule has 1 aromatic carbocycles. The van der Waals surface area contributed by atoms with E-state index in [-0.39, 0.29) is 18.4 Å². The van der Waals surface area contributed by atoms with E-state index in [1.807, 2.05) is 43.3 Å². The fraction of sp³-hybridized carbons (Fsp3) is 0.462. The summed E-state index contributed by atoms with van der Waals surface area (Å²) in [6.45, 7) is 0. The molecule has 0 saturated heterocycles. The van der Waals surface area contributed by atoms with Crippen molar-refractivity contribution in [3.63, 3.8) is 0 Å². The van der Waals surface area contributed by atoms with Crippen molar-refractivity contribution >= 4 is 11.7 Å². The summed E-state index contributed by atoms with van der Waals surface area (Å²) < 4.78 is 4.58. The van der Waals surface area contributed by atoms with Crippen LogP contribution in [-0.2, 0) is 16.0 Å². The third-order valence-corrected chi connectivity index (χ3v) is 2.61. The van der Waals surface area contributed by atoms with Crippen LogP contribution < -0.4 is 10.6 Å². The molecule has 1 rings (SSSR count). The molecule has 94 valence electrons. The lowest BCUT2D eigenvalue weighted by atomic mass is 10.0. The first-order valence-corrected chi connectivity index (χ1v) is 5.61. The van der Waals surface area contributed by atoms with Crippen LogP contribution in [0.2, 0.25) is 0 Å². The number of rotatable bonds is 5. The molecule has 0 aliphatic carbocycles. The van der Waals surface area contributed by atoms with Gasteiger partial charge in [0.2, 0.25) is 0 Å². The average molecular weight is 236 g/mol. The normalized spacial score (nSPS) is 12.0. The van der Waals surface area contributed by atoms with E-state index in [1.165, 1.54) is 7.11 Å². The molecular weight excluding hydrogens is 216 g/mol. The monoisotopic (exact) mass is 236 g/mol. The summed E-state index contributed by atoms with van der Waals surface area (Å²) in [5.74, 6) is -0.262. The molecule has 0 fully saturated rings. The van der Waals surface area contributed by atoms with Crippen molar-refractivity contribution in [2.45, 2.75) is 18.9 Å². The van der Waals surface area contributed by atoms with Gasteiger partial charge >= 0.3 is 5.97 Å². The molecule has 0 heterocycles. The van der Waals surface area contributed by atoms with Crippen LogP contribution in [0.25, 0.3) is 0 Å². The topological polar surface area (TPSA) is 55.6 Å². The van der Waals surface area contributed by atoms with Crippen LogP contribution in [0.3, 0.4) is 0 Å². The van der Waals surface area contributed by atoms with Gasteiger partial charge in [-0.15, -0.1) is 0 Å². The maximum Gasteiger partial charge on any atom is 0.307 e. The summed E-state index contributed by atoms with van der Waals surface area (Å²) >= 11 is 0. The molecule has 0 bridgehead atoms. The largest absolute Gasteiger partial charge is 0.469 e. The van der Waals surface area contributed by atoms with Crippen LogP contribution in [-0.4, -0.2) is 33.2 Å². The Hall–Kier alpha value is -1.55. The van der Waals surface area contributed by atoms with Crippen molar-refractivity contribution in [2.24, 2.45) is 5.73 Å². The zero-order valence-corrected chi connectivity index (χ0v) is 10.6. The molecule has 0 radical (unpaired) electrons. The third-order valence-electron chi connectivity index (χ3n) is 2.61. The van der Waals surface area contributed by atoms with Crippen molar-refractivity contribution in [3.05, 3.63) is 29.8 Å². The number of benzene rings is 1. The minimum atomic E-state index is -0.262. The zero-order chi connectivity index (χ0) is 12.8. The Morgan fingerprint density at radius 2 is 1.94 bits per heavy atom. The Morgan fingerprint density at radius 3 is 2.41 bits per heavy atom. The Balaban J connectivity index is 2.54. The van der Waals surface area contributed by atoms with Crippen molar-refractivity contribution in [3.8, 4) is 0 Å². The lowest BCUT2D eigenvalue weighted by Gasteiger charge is -2.14. The predicted molar refractivity (Wildman–Crippen MR) is 69.1 cm³/mol. The number of ether oxygens (including phenoxy) is 1. The predicted octanol–water partition coefficient (Wildman–Crippen LogP) is 1.19. The SMILES string of the molecule is COC(=O)CC(N)Cc1ccc(N(C)C)cc1. The van der Waals surface area contributed by atoms with Crippen LogP contribution in [0.1, 0.15) is 12.0 Å². The number of hydrogen-bond donors (Lipinski definition) is 1. The molecule has 0 aliphatic heterocycles. The quantitative estimate of drug-likeness (QED) is 0.780. The van der Waals surface area contributed by atoms with Gasteiger partial charge < -0.3 is 15.4 Å². The highest BCUT2D eigenvalue weighted by Crippen LogP contribution is 2.13. The van der Waals surface area contributed by atoms with Crippen LogP contribution in [0.5, 0.6) is 0 Å². The lowest BCUT2D eigenvalue weighted by molar-refractivity contribution is -0.140. The maximum absolute atomic E-state index is 11.0. The Bertz CT molecular complexity index is 360. The summed E-state index contributed by atoms with van der Waals surface area (Å²) in [5, 5.41) is 0. The second-order valence-corrected chi connectivity index (χ2v) is 4.31. The first kappa shape index (κ1) is 13.5. The van der Waals surface area contributed by atoms with Gasteiger partial charge in [-0.05, 0) is 24.1 Å². The minimum absolute atomic E-state index is 0.187. The number of carbonyl (C=O) groups is 1. The minimum Gasteiger partial charge on any atom is -0.469 e. The Labute approximate surface area is 102 Å². The van der Waals surface area contributed by atoms with E-state index in [4.69, 9.17) is 5.73 Å². The number of anilines is 1.